The average molecular weight is 460 g/mol. The fourth-order valence-electron chi connectivity index (χ4n) is 3.70. The molecule has 168 valence electrons. The topological polar surface area (TPSA) is 63.9 Å². The molecule has 2 heterocycles. The van der Waals surface area contributed by atoms with E-state index in [1.165, 1.54) is 18.4 Å². The maximum absolute atomic E-state index is 13.4. The van der Waals surface area contributed by atoms with Gasteiger partial charge in [-0.3, -0.25) is 9.36 Å². The van der Waals surface area contributed by atoms with E-state index in [0.29, 0.717) is 20.6 Å². The van der Waals surface area contributed by atoms with Crippen molar-refractivity contribution in [2.24, 2.45) is 4.99 Å². The average Bonchev–Trinajstić information content (AvgIpc) is 3.12. The maximum Gasteiger partial charge on any atom is 0.338 e. The SMILES string of the molecule is COC(=O)C1=C(C)N=c2s/c(=C\c3ccc(N(C)C)cc3)c(=O)n2[C@H]1/C=C/c1ccccc1. The van der Waals surface area contributed by atoms with Crippen molar-refractivity contribution in [2.45, 2.75) is 13.0 Å². The van der Waals surface area contributed by atoms with E-state index in [4.69, 9.17) is 4.74 Å². The standard InChI is InChI=1S/C26H25N3O3S/c1-17-23(25(31)32-4)21(15-12-18-8-6-5-7-9-18)29-24(30)22(33-26(29)27-17)16-19-10-13-20(14-11-19)28(2)3/h5-16,21H,1-4H3/b15-12+,22-16-/t21-/m0/s1. The van der Waals surface area contributed by atoms with Gasteiger partial charge in [0.1, 0.15) is 0 Å². The van der Waals surface area contributed by atoms with Crippen molar-refractivity contribution in [2.75, 3.05) is 26.1 Å². The number of aromatic nitrogens is 1. The molecule has 1 aliphatic rings. The van der Waals surface area contributed by atoms with Gasteiger partial charge >= 0.3 is 5.97 Å². The monoisotopic (exact) mass is 459 g/mol. The fourth-order valence-corrected chi connectivity index (χ4v) is 4.76. The molecule has 0 unspecified atom stereocenters. The third kappa shape index (κ3) is 4.59. The molecule has 4 rings (SSSR count). The minimum atomic E-state index is -0.604. The lowest BCUT2D eigenvalue weighted by Gasteiger charge is -2.21. The number of anilines is 1. The lowest BCUT2D eigenvalue weighted by Crippen LogP contribution is -2.38. The maximum atomic E-state index is 13.4. The molecule has 1 aliphatic heterocycles. The van der Waals surface area contributed by atoms with Crippen LogP contribution in [0.15, 0.2) is 81.7 Å². The molecule has 0 fully saturated rings. The Hall–Kier alpha value is -3.71. The van der Waals surface area contributed by atoms with Crippen LogP contribution in [-0.4, -0.2) is 31.7 Å². The number of hydrogen-bond donors (Lipinski definition) is 0. The number of benzene rings is 2. The van der Waals surface area contributed by atoms with Gasteiger partial charge in [0.15, 0.2) is 4.80 Å². The van der Waals surface area contributed by atoms with Gasteiger partial charge < -0.3 is 9.64 Å². The van der Waals surface area contributed by atoms with Crippen LogP contribution in [0.25, 0.3) is 12.2 Å². The molecule has 0 bridgehead atoms. The summed E-state index contributed by atoms with van der Waals surface area (Å²) < 4.78 is 7.15. The number of carbonyl (C=O) groups is 1. The summed E-state index contributed by atoms with van der Waals surface area (Å²) in [6.07, 6.45) is 5.62. The number of allylic oxidation sites excluding steroid dienone is 2. The van der Waals surface area contributed by atoms with Gasteiger partial charge in [-0.2, -0.15) is 0 Å². The molecule has 0 N–H and O–H groups in total. The van der Waals surface area contributed by atoms with Crippen LogP contribution in [0.3, 0.4) is 0 Å². The highest BCUT2D eigenvalue weighted by molar-refractivity contribution is 7.07. The van der Waals surface area contributed by atoms with E-state index in [9.17, 15) is 9.59 Å². The number of rotatable bonds is 5. The smallest absolute Gasteiger partial charge is 0.338 e. The first-order chi connectivity index (χ1) is 15.9. The third-order valence-corrected chi connectivity index (χ3v) is 6.43. The van der Waals surface area contributed by atoms with Crippen LogP contribution in [0, 0.1) is 0 Å². The van der Waals surface area contributed by atoms with Crippen LogP contribution in [0.5, 0.6) is 0 Å². The first-order valence-electron chi connectivity index (χ1n) is 10.5. The minimum Gasteiger partial charge on any atom is -0.466 e. The molecule has 0 saturated heterocycles. The van der Waals surface area contributed by atoms with E-state index in [1.807, 2.05) is 91.8 Å². The van der Waals surface area contributed by atoms with Crippen molar-refractivity contribution >= 4 is 35.1 Å². The van der Waals surface area contributed by atoms with Gasteiger partial charge in [0, 0.05) is 19.8 Å². The van der Waals surface area contributed by atoms with Crippen molar-refractivity contribution in [1.82, 2.24) is 4.57 Å². The second kappa shape index (κ2) is 9.42. The van der Waals surface area contributed by atoms with E-state index >= 15 is 0 Å². The molecular formula is C26H25N3O3S. The number of esters is 1. The summed E-state index contributed by atoms with van der Waals surface area (Å²) in [5, 5.41) is 0. The second-order valence-corrected chi connectivity index (χ2v) is 8.88. The van der Waals surface area contributed by atoms with Crippen molar-refractivity contribution in [3.05, 3.63) is 103 Å². The first-order valence-corrected chi connectivity index (χ1v) is 11.3. The zero-order chi connectivity index (χ0) is 23.5. The largest absolute Gasteiger partial charge is 0.466 e. The van der Waals surface area contributed by atoms with Gasteiger partial charge in [-0.25, -0.2) is 9.79 Å². The van der Waals surface area contributed by atoms with Gasteiger partial charge in [-0.1, -0.05) is 66.0 Å². The quantitative estimate of drug-likeness (QED) is 0.550. The van der Waals surface area contributed by atoms with E-state index < -0.39 is 12.0 Å². The molecule has 33 heavy (non-hydrogen) atoms. The molecule has 7 heteroatoms. The Morgan fingerprint density at radius 3 is 2.42 bits per heavy atom. The second-order valence-electron chi connectivity index (χ2n) is 7.87. The Morgan fingerprint density at radius 1 is 1.09 bits per heavy atom. The van der Waals surface area contributed by atoms with Crippen LogP contribution >= 0.6 is 11.3 Å². The minimum absolute atomic E-state index is 0.188. The van der Waals surface area contributed by atoms with Crippen molar-refractivity contribution < 1.29 is 9.53 Å². The number of carbonyl (C=O) groups excluding carboxylic acids is 1. The number of ether oxygens (including phenoxy) is 1. The predicted molar refractivity (Wildman–Crippen MR) is 133 cm³/mol. The van der Waals surface area contributed by atoms with E-state index in [2.05, 4.69) is 4.99 Å². The van der Waals surface area contributed by atoms with Gasteiger partial charge in [-0.05, 0) is 36.3 Å². The van der Waals surface area contributed by atoms with E-state index in [1.54, 1.807) is 11.5 Å². The van der Waals surface area contributed by atoms with Gasteiger partial charge in [0.25, 0.3) is 5.56 Å². The molecule has 0 saturated carbocycles. The van der Waals surface area contributed by atoms with Crippen LogP contribution < -0.4 is 19.8 Å². The highest BCUT2D eigenvalue weighted by Gasteiger charge is 2.30. The Labute approximate surface area is 196 Å². The summed E-state index contributed by atoms with van der Waals surface area (Å²) in [5.74, 6) is -0.493. The lowest BCUT2D eigenvalue weighted by molar-refractivity contribution is -0.136. The predicted octanol–water partition coefficient (Wildman–Crippen LogP) is 3.14. The molecule has 0 amide bonds. The molecular weight excluding hydrogens is 434 g/mol. The van der Waals surface area contributed by atoms with Crippen molar-refractivity contribution in [3.8, 4) is 0 Å². The Kier molecular flexibility index (Phi) is 6.42. The summed E-state index contributed by atoms with van der Waals surface area (Å²) in [6.45, 7) is 1.77. The first kappa shape index (κ1) is 22.5. The molecule has 2 aromatic carbocycles. The number of nitrogens with zero attached hydrogens (tertiary/aromatic N) is 3. The van der Waals surface area contributed by atoms with Gasteiger partial charge in [0.2, 0.25) is 0 Å². The summed E-state index contributed by atoms with van der Waals surface area (Å²) in [7, 11) is 5.30. The number of methoxy groups -OCH3 is 1. The molecule has 6 nitrogen and oxygen atoms in total. The summed E-state index contributed by atoms with van der Waals surface area (Å²) in [6, 6.07) is 17.1. The van der Waals surface area contributed by atoms with Gasteiger partial charge in [0.05, 0.1) is 29.0 Å². The lowest BCUT2D eigenvalue weighted by atomic mass is 10.0. The zero-order valence-corrected chi connectivity index (χ0v) is 19.8. The Bertz CT molecular complexity index is 1410. The van der Waals surface area contributed by atoms with E-state index in [0.717, 1.165) is 16.8 Å². The van der Waals surface area contributed by atoms with E-state index in [-0.39, 0.29) is 5.56 Å². The highest BCUT2D eigenvalue weighted by atomic mass is 32.1. The fraction of sp³-hybridized carbons (Fsp3) is 0.192. The van der Waals surface area contributed by atoms with Crippen LogP contribution in [0.1, 0.15) is 24.1 Å². The summed E-state index contributed by atoms with van der Waals surface area (Å²) in [4.78, 5) is 33.2. The zero-order valence-electron chi connectivity index (χ0n) is 19.0. The number of fused-ring (bicyclic) bond motifs is 1. The third-order valence-electron chi connectivity index (χ3n) is 5.45. The van der Waals surface area contributed by atoms with Crippen molar-refractivity contribution in [1.29, 1.82) is 0 Å². The van der Waals surface area contributed by atoms with Crippen LogP contribution in [0.4, 0.5) is 5.69 Å². The summed E-state index contributed by atoms with van der Waals surface area (Å²) in [5.41, 5.74) is 3.70. The Morgan fingerprint density at radius 2 is 1.79 bits per heavy atom. The van der Waals surface area contributed by atoms with Crippen LogP contribution in [-0.2, 0) is 9.53 Å². The molecule has 0 radical (unpaired) electrons. The van der Waals surface area contributed by atoms with Crippen LogP contribution in [0.2, 0.25) is 0 Å². The molecule has 3 aromatic rings. The molecule has 1 atom stereocenters. The van der Waals surface area contributed by atoms with Gasteiger partial charge in [-0.15, -0.1) is 0 Å². The normalized spacial score (nSPS) is 16.0. The summed E-state index contributed by atoms with van der Waals surface area (Å²) >= 11 is 1.32. The molecule has 1 aromatic heterocycles. The Balaban J connectivity index is 1.84. The molecule has 0 spiro atoms. The highest BCUT2D eigenvalue weighted by Crippen LogP contribution is 2.26. The molecule has 0 aliphatic carbocycles. The van der Waals surface area contributed by atoms with Crippen molar-refractivity contribution in [3.63, 3.8) is 0 Å². The number of hydrogen-bond acceptors (Lipinski definition) is 6. The number of thiazole rings is 1.